The summed E-state index contributed by atoms with van der Waals surface area (Å²) in [6.45, 7) is 2.63. The van der Waals surface area contributed by atoms with Gasteiger partial charge in [-0.25, -0.2) is 9.59 Å². The summed E-state index contributed by atoms with van der Waals surface area (Å²) in [4.78, 5) is 46.7. The minimum atomic E-state index is -0.741. The number of hydrogen-bond donors (Lipinski definition) is 1. The highest BCUT2D eigenvalue weighted by Crippen LogP contribution is 2.34. The second-order valence-corrected chi connectivity index (χ2v) is 6.37. The van der Waals surface area contributed by atoms with Crippen molar-refractivity contribution in [2.45, 2.75) is 20.4 Å². The van der Waals surface area contributed by atoms with E-state index >= 15 is 0 Å². The fourth-order valence-electron chi connectivity index (χ4n) is 2.33. The molecule has 0 unspecified atom stereocenters. The van der Waals surface area contributed by atoms with Crippen LogP contribution in [0.1, 0.15) is 31.3 Å². The number of rotatable bonds is 6. The quantitative estimate of drug-likeness (QED) is 0.441. The van der Waals surface area contributed by atoms with E-state index in [1.807, 2.05) is 0 Å². The molecule has 0 saturated heterocycles. The number of nitrogens with zero attached hydrogens (tertiary/aromatic N) is 3. The van der Waals surface area contributed by atoms with E-state index in [0.717, 1.165) is 16.0 Å². The number of nitrogens with one attached hydrogen (secondary N) is 1. The van der Waals surface area contributed by atoms with Crippen LogP contribution >= 0.6 is 11.3 Å². The lowest BCUT2D eigenvalue weighted by Crippen LogP contribution is -2.21. The highest BCUT2D eigenvalue weighted by molar-refractivity contribution is 7.18. The molecule has 0 atom stereocenters. The first-order valence-corrected chi connectivity index (χ1v) is 8.29. The zero-order chi connectivity index (χ0) is 20.3. The van der Waals surface area contributed by atoms with E-state index in [2.05, 4.69) is 15.2 Å². The largest absolute Gasteiger partial charge is 0.465 e. The maximum Gasteiger partial charge on any atom is 0.348 e. The summed E-state index contributed by atoms with van der Waals surface area (Å²) < 4.78 is 10.3. The molecule has 0 aliphatic carbocycles. The summed E-state index contributed by atoms with van der Waals surface area (Å²) in [5.74, 6) is -2.41. The Balaban J connectivity index is 2.33. The van der Waals surface area contributed by atoms with Crippen LogP contribution in [0.25, 0.3) is 0 Å². The summed E-state index contributed by atoms with van der Waals surface area (Å²) in [5.41, 5.74) is 0.696. The maximum atomic E-state index is 12.3. The van der Waals surface area contributed by atoms with Crippen LogP contribution in [-0.2, 0) is 20.8 Å². The van der Waals surface area contributed by atoms with Crippen molar-refractivity contribution in [3.63, 3.8) is 0 Å². The molecule has 11 nitrogen and oxygen atoms in total. The number of nitro groups is 1. The van der Waals surface area contributed by atoms with Gasteiger partial charge in [-0.3, -0.25) is 4.79 Å². The highest BCUT2D eigenvalue weighted by Gasteiger charge is 2.28. The summed E-state index contributed by atoms with van der Waals surface area (Å²) in [5, 5.41) is 17.5. The number of thiophene rings is 1. The van der Waals surface area contributed by atoms with Gasteiger partial charge in [0, 0.05) is 0 Å². The fraction of sp³-hybridized carbons (Fsp3) is 0.333. The number of esters is 2. The van der Waals surface area contributed by atoms with Gasteiger partial charge in [-0.2, -0.15) is 0 Å². The standard InChI is InChI=1S/C15H16N4O7S/c1-7-5-10(19(23)24)18(17-7)6-9(20)16-13-11(14(21)25-3)8(2)12(27-13)15(22)26-4/h5H,6H2,1-4H3,(H,16,20). The summed E-state index contributed by atoms with van der Waals surface area (Å²) in [7, 11) is 2.36. The lowest BCUT2D eigenvalue weighted by atomic mass is 10.1. The van der Waals surface area contributed by atoms with Crippen LogP contribution in [0.4, 0.5) is 10.8 Å². The van der Waals surface area contributed by atoms with Gasteiger partial charge in [0.1, 0.15) is 9.88 Å². The molecule has 0 aromatic carbocycles. The Labute approximate surface area is 157 Å². The number of aromatic nitrogens is 2. The molecule has 0 fully saturated rings. The van der Waals surface area contributed by atoms with Crippen LogP contribution in [0.15, 0.2) is 6.07 Å². The van der Waals surface area contributed by atoms with E-state index in [9.17, 15) is 24.5 Å². The van der Waals surface area contributed by atoms with E-state index in [1.165, 1.54) is 27.2 Å². The number of carbonyl (C=O) groups excluding carboxylic acids is 3. The summed E-state index contributed by atoms with van der Waals surface area (Å²) in [6.07, 6.45) is 0. The molecular formula is C15H16N4O7S. The van der Waals surface area contributed by atoms with Gasteiger partial charge in [-0.15, -0.1) is 16.0 Å². The van der Waals surface area contributed by atoms with Crippen molar-refractivity contribution >= 4 is 40.0 Å². The average molecular weight is 396 g/mol. The third-order valence-corrected chi connectivity index (χ3v) is 4.71. The van der Waals surface area contributed by atoms with Crippen molar-refractivity contribution in [2.75, 3.05) is 19.5 Å². The lowest BCUT2D eigenvalue weighted by Gasteiger charge is -2.05. The van der Waals surface area contributed by atoms with Crippen LogP contribution in [0, 0.1) is 24.0 Å². The Hall–Kier alpha value is -3.28. The zero-order valence-corrected chi connectivity index (χ0v) is 15.7. The highest BCUT2D eigenvalue weighted by atomic mass is 32.1. The number of carbonyl (C=O) groups is 3. The normalized spacial score (nSPS) is 10.4. The Kier molecular flexibility index (Phi) is 5.90. The van der Waals surface area contributed by atoms with Crippen molar-refractivity contribution in [3.8, 4) is 0 Å². The predicted octanol–water partition coefficient (Wildman–Crippen LogP) is 1.68. The molecule has 2 aromatic heterocycles. The molecule has 2 heterocycles. The first-order valence-electron chi connectivity index (χ1n) is 7.48. The second-order valence-electron chi connectivity index (χ2n) is 5.35. The molecule has 2 rings (SSSR count). The summed E-state index contributed by atoms with van der Waals surface area (Å²) >= 11 is 0.846. The Morgan fingerprint density at radius 2 is 1.89 bits per heavy atom. The lowest BCUT2D eigenvalue weighted by molar-refractivity contribution is -0.392. The molecule has 2 aromatic rings. The first kappa shape index (κ1) is 20.0. The Bertz CT molecular complexity index is 931. The van der Waals surface area contributed by atoms with Gasteiger partial charge in [-0.05, 0) is 24.3 Å². The van der Waals surface area contributed by atoms with E-state index in [1.54, 1.807) is 6.92 Å². The molecule has 0 radical (unpaired) electrons. The van der Waals surface area contributed by atoms with E-state index in [-0.39, 0.29) is 21.3 Å². The predicted molar refractivity (Wildman–Crippen MR) is 94.0 cm³/mol. The molecule has 0 bridgehead atoms. The SMILES string of the molecule is COC(=O)c1sc(NC(=O)Cn2nc(C)cc2[N+](=O)[O-])c(C(=O)OC)c1C. The third kappa shape index (κ3) is 4.11. The number of hydrogen-bond acceptors (Lipinski definition) is 9. The van der Waals surface area contributed by atoms with Crippen LogP contribution in [0.5, 0.6) is 0 Å². The molecule has 0 aliphatic rings. The van der Waals surface area contributed by atoms with Crippen molar-refractivity contribution in [2.24, 2.45) is 0 Å². The van der Waals surface area contributed by atoms with E-state index in [0.29, 0.717) is 11.3 Å². The minimum Gasteiger partial charge on any atom is -0.465 e. The van der Waals surface area contributed by atoms with Gasteiger partial charge in [0.2, 0.25) is 0 Å². The molecule has 0 spiro atoms. The fourth-order valence-corrected chi connectivity index (χ4v) is 3.46. The summed E-state index contributed by atoms with van der Waals surface area (Å²) in [6, 6.07) is 1.23. The molecule has 144 valence electrons. The first-order chi connectivity index (χ1) is 12.7. The van der Waals surface area contributed by atoms with E-state index < -0.39 is 29.3 Å². The van der Waals surface area contributed by atoms with Gasteiger partial charge in [-0.1, -0.05) is 5.10 Å². The Morgan fingerprint density at radius 1 is 1.26 bits per heavy atom. The third-order valence-electron chi connectivity index (χ3n) is 3.52. The number of anilines is 1. The van der Waals surface area contributed by atoms with Gasteiger partial charge in [0.25, 0.3) is 5.91 Å². The molecule has 12 heteroatoms. The monoisotopic (exact) mass is 396 g/mol. The number of aryl methyl sites for hydroxylation is 1. The molecule has 27 heavy (non-hydrogen) atoms. The van der Waals surface area contributed by atoms with Gasteiger partial charge < -0.3 is 24.9 Å². The van der Waals surface area contributed by atoms with Crippen LogP contribution in [-0.4, -0.2) is 46.8 Å². The molecule has 1 amide bonds. The minimum absolute atomic E-state index is 0.0161. The van der Waals surface area contributed by atoms with Crippen molar-refractivity contribution in [1.29, 1.82) is 0 Å². The van der Waals surface area contributed by atoms with Crippen molar-refractivity contribution in [1.82, 2.24) is 9.78 Å². The molecule has 1 N–H and O–H groups in total. The molecular weight excluding hydrogens is 380 g/mol. The van der Waals surface area contributed by atoms with Gasteiger partial charge in [0.15, 0.2) is 6.54 Å². The van der Waals surface area contributed by atoms with Crippen LogP contribution in [0.2, 0.25) is 0 Å². The van der Waals surface area contributed by atoms with E-state index in [4.69, 9.17) is 4.74 Å². The zero-order valence-electron chi connectivity index (χ0n) is 14.9. The number of methoxy groups -OCH3 is 2. The second kappa shape index (κ2) is 7.95. The molecule has 0 saturated carbocycles. The van der Waals surface area contributed by atoms with Gasteiger partial charge >= 0.3 is 17.8 Å². The van der Waals surface area contributed by atoms with Crippen molar-refractivity contribution in [3.05, 3.63) is 37.9 Å². The number of amides is 1. The number of ether oxygens (including phenoxy) is 2. The smallest absolute Gasteiger partial charge is 0.348 e. The average Bonchev–Trinajstić information content (AvgIpc) is 3.13. The van der Waals surface area contributed by atoms with Crippen LogP contribution < -0.4 is 5.32 Å². The van der Waals surface area contributed by atoms with Crippen LogP contribution in [0.3, 0.4) is 0 Å². The van der Waals surface area contributed by atoms with Gasteiger partial charge in [0.05, 0.1) is 31.5 Å². The van der Waals surface area contributed by atoms with Crippen molar-refractivity contribution < 1.29 is 28.8 Å². The molecule has 0 aliphatic heterocycles. The maximum absolute atomic E-state index is 12.3. The topological polar surface area (TPSA) is 143 Å². The Morgan fingerprint density at radius 3 is 2.44 bits per heavy atom.